The zero-order chi connectivity index (χ0) is 14.7. The molecule has 2 aromatic rings. The smallest absolute Gasteiger partial charge is 0.258 e. The van der Waals surface area contributed by atoms with Crippen LogP contribution in [0, 0.1) is 17.0 Å². The lowest BCUT2D eigenvalue weighted by Crippen LogP contribution is -1.99. The second kappa shape index (κ2) is 6.37. The number of nitro groups is 1. The summed E-state index contributed by atoms with van der Waals surface area (Å²) in [6.45, 7) is 1.86. The molecule has 0 radical (unpaired) electrons. The van der Waals surface area contributed by atoms with Crippen LogP contribution in [-0.2, 0) is 6.42 Å². The van der Waals surface area contributed by atoms with Crippen LogP contribution < -0.4 is 0 Å². The fourth-order valence-corrected chi connectivity index (χ4v) is 2.95. The second-order valence-electron chi connectivity index (χ2n) is 4.57. The number of nitrogens with zero attached hydrogens (tertiary/aromatic N) is 1. The molecule has 104 valence electrons. The van der Waals surface area contributed by atoms with Gasteiger partial charge in [-0.1, -0.05) is 57.9 Å². The quantitative estimate of drug-likeness (QED) is 0.428. The Morgan fingerprint density at radius 2 is 1.95 bits per heavy atom. The van der Waals surface area contributed by atoms with E-state index in [4.69, 9.17) is 11.6 Å². The predicted molar refractivity (Wildman–Crippen MR) is 84.7 cm³/mol. The fraction of sp³-hybridized carbons (Fsp3) is 0.200. The molecule has 2 rings (SSSR count). The van der Waals surface area contributed by atoms with Crippen molar-refractivity contribution in [2.24, 2.45) is 0 Å². The van der Waals surface area contributed by atoms with Crippen molar-refractivity contribution in [2.45, 2.75) is 18.2 Å². The van der Waals surface area contributed by atoms with Crippen molar-refractivity contribution >= 4 is 33.2 Å². The Hall–Kier alpha value is -1.39. The van der Waals surface area contributed by atoms with Gasteiger partial charge in [-0.3, -0.25) is 10.1 Å². The second-order valence-corrected chi connectivity index (χ2v) is 6.08. The van der Waals surface area contributed by atoms with Crippen LogP contribution in [0.15, 0.2) is 42.5 Å². The highest BCUT2D eigenvalue weighted by molar-refractivity contribution is 9.09. The van der Waals surface area contributed by atoms with Crippen molar-refractivity contribution in [2.75, 3.05) is 0 Å². The first-order chi connectivity index (χ1) is 9.49. The van der Waals surface area contributed by atoms with Gasteiger partial charge in [-0.2, -0.15) is 0 Å². The number of hydrogen-bond acceptors (Lipinski definition) is 2. The summed E-state index contributed by atoms with van der Waals surface area (Å²) in [6.07, 6.45) is 0.730. The molecule has 0 heterocycles. The van der Waals surface area contributed by atoms with E-state index in [1.54, 1.807) is 6.07 Å². The number of nitro benzene ring substituents is 1. The van der Waals surface area contributed by atoms with Crippen LogP contribution in [0.1, 0.15) is 21.5 Å². The molecule has 0 fully saturated rings. The molecular formula is C15H13BrClNO2. The van der Waals surface area contributed by atoms with Gasteiger partial charge in [0.05, 0.1) is 4.92 Å². The molecule has 2 aromatic carbocycles. The summed E-state index contributed by atoms with van der Waals surface area (Å²) in [7, 11) is 0. The number of benzene rings is 2. The molecule has 0 saturated heterocycles. The van der Waals surface area contributed by atoms with E-state index < -0.39 is 4.92 Å². The highest BCUT2D eigenvalue weighted by atomic mass is 79.9. The Balaban J connectivity index is 2.26. The zero-order valence-electron chi connectivity index (χ0n) is 10.8. The van der Waals surface area contributed by atoms with Gasteiger partial charge in [-0.05, 0) is 36.1 Å². The van der Waals surface area contributed by atoms with Gasteiger partial charge < -0.3 is 0 Å². The molecule has 0 aliphatic rings. The summed E-state index contributed by atoms with van der Waals surface area (Å²) in [5.41, 5.74) is 3.01. The topological polar surface area (TPSA) is 43.1 Å². The third kappa shape index (κ3) is 3.38. The molecule has 0 aliphatic carbocycles. The molecule has 1 atom stereocenters. The SMILES string of the molecule is Cc1cc([N+](=O)[O-])c(Cl)cc1CC(Br)c1ccccc1. The maximum absolute atomic E-state index is 10.8. The molecule has 0 aliphatic heterocycles. The monoisotopic (exact) mass is 353 g/mol. The van der Waals surface area contributed by atoms with Crippen LogP contribution >= 0.6 is 27.5 Å². The van der Waals surface area contributed by atoms with Gasteiger partial charge in [0.2, 0.25) is 0 Å². The molecule has 0 N–H and O–H groups in total. The Bertz CT molecular complexity index is 631. The van der Waals surface area contributed by atoms with E-state index in [9.17, 15) is 10.1 Å². The van der Waals surface area contributed by atoms with Crippen LogP contribution in [0.5, 0.6) is 0 Å². The van der Waals surface area contributed by atoms with E-state index in [0.29, 0.717) is 0 Å². The van der Waals surface area contributed by atoms with E-state index >= 15 is 0 Å². The minimum atomic E-state index is -0.456. The summed E-state index contributed by atoms with van der Waals surface area (Å²) >= 11 is 9.62. The molecule has 20 heavy (non-hydrogen) atoms. The standard InChI is InChI=1S/C15H13BrClNO2/c1-10-7-15(18(19)20)14(17)9-12(10)8-13(16)11-5-3-2-4-6-11/h2-7,9,13H,8H2,1H3. The van der Waals surface area contributed by atoms with Crippen molar-refractivity contribution in [1.29, 1.82) is 0 Å². The van der Waals surface area contributed by atoms with Crippen LogP contribution in [0.4, 0.5) is 5.69 Å². The number of alkyl halides is 1. The molecule has 0 saturated carbocycles. The molecule has 0 aromatic heterocycles. The summed E-state index contributed by atoms with van der Waals surface area (Å²) < 4.78 is 0. The third-order valence-corrected chi connectivity index (χ3v) is 4.32. The van der Waals surface area contributed by atoms with E-state index in [-0.39, 0.29) is 15.5 Å². The van der Waals surface area contributed by atoms with Crippen LogP contribution in [0.3, 0.4) is 0 Å². The fourth-order valence-electron chi connectivity index (χ4n) is 2.04. The van der Waals surface area contributed by atoms with Crippen molar-refractivity contribution in [3.05, 3.63) is 74.3 Å². The Labute approximate surface area is 130 Å². The van der Waals surface area contributed by atoms with Crippen LogP contribution in [0.2, 0.25) is 5.02 Å². The number of aryl methyl sites for hydroxylation is 1. The summed E-state index contributed by atoms with van der Waals surface area (Å²) in [5.74, 6) is 0. The van der Waals surface area contributed by atoms with Crippen molar-refractivity contribution in [3.63, 3.8) is 0 Å². The highest BCUT2D eigenvalue weighted by Gasteiger charge is 2.17. The first-order valence-electron chi connectivity index (χ1n) is 6.11. The minimum Gasteiger partial charge on any atom is -0.258 e. The average Bonchev–Trinajstić information content (AvgIpc) is 2.43. The summed E-state index contributed by atoms with van der Waals surface area (Å²) in [4.78, 5) is 10.5. The van der Waals surface area contributed by atoms with Crippen molar-refractivity contribution in [1.82, 2.24) is 0 Å². The van der Waals surface area contributed by atoms with Crippen LogP contribution in [-0.4, -0.2) is 4.92 Å². The Morgan fingerprint density at radius 3 is 2.55 bits per heavy atom. The van der Waals surface area contributed by atoms with Gasteiger partial charge in [-0.15, -0.1) is 0 Å². The van der Waals surface area contributed by atoms with E-state index in [1.165, 1.54) is 11.6 Å². The molecule has 0 spiro atoms. The minimum absolute atomic E-state index is 0.0428. The van der Waals surface area contributed by atoms with Gasteiger partial charge in [-0.25, -0.2) is 0 Å². The Kier molecular flexibility index (Phi) is 4.78. The van der Waals surface area contributed by atoms with Gasteiger partial charge >= 0.3 is 0 Å². The van der Waals surface area contributed by atoms with Gasteiger partial charge in [0.25, 0.3) is 5.69 Å². The summed E-state index contributed by atoms with van der Waals surface area (Å²) in [5, 5.41) is 11.0. The number of hydrogen-bond donors (Lipinski definition) is 0. The molecule has 5 heteroatoms. The first-order valence-corrected chi connectivity index (χ1v) is 7.41. The Morgan fingerprint density at radius 1 is 1.30 bits per heavy atom. The van der Waals surface area contributed by atoms with E-state index in [0.717, 1.165) is 17.5 Å². The lowest BCUT2D eigenvalue weighted by atomic mass is 10.00. The maximum Gasteiger partial charge on any atom is 0.288 e. The van der Waals surface area contributed by atoms with Gasteiger partial charge in [0.15, 0.2) is 0 Å². The molecule has 0 bridgehead atoms. The molecule has 0 amide bonds. The normalized spacial score (nSPS) is 12.2. The van der Waals surface area contributed by atoms with Gasteiger partial charge in [0.1, 0.15) is 5.02 Å². The van der Waals surface area contributed by atoms with Gasteiger partial charge in [0, 0.05) is 10.9 Å². The first kappa shape index (κ1) is 15.0. The van der Waals surface area contributed by atoms with E-state index in [2.05, 4.69) is 15.9 Å². The number of halogens is 2. The van der Waals surface area contributed by atoms with Crippen molar-refractivity contribution < 1.29 is 4.92 Å². The average molecular weight is 355 g/mol. The van der Waals surface area contributed by atoms with E-state index in [1.807, 2.05) is 37.3 Å². The number of rotatable bonds is 4. The molecule has 1 unspecified atom stereocenters. The van der Waals surface area contributed by atoms with Crippen molar-refractivity contribution in [3.8, 4) is 0 Å². The zero-order valence-corrected chi connectivity index (χ0v) is 13.2. The largest absolute Gasteiger partial charge is 0.288 e. The third-order valence-electron chi connectivity index (χ3n) is 3.16. The highest BCUT2D eigenvalue weighted by Crippen LogP contribution is 2.32. The lowest BCUT2D eigenvalue weighted by Gasteiger charge is -2.13. The molecule has 3 nitrogen and oxygen atoms in total. The van der Waals surface area contributed by atoms with Crippen LogP contribution in [0.25, 0.3) is 0 Å². The maximum atomic E-state index is 10.8. The predicted octanol–water partition coefficient (Wildman–Crippen LogP) is 5.24. The summed E-state index contributed by atoms with van der Waals surface area (Å²) in [6, 6.07) is 13.2. The lowest BCUT2D eigenvalue weighted by molar-refractivity contribution is -0.384. The molecular weight excluding hydrogens is 342 g/mol.